The molecule has 0 aromatic carbocycles. The fourth-order valence-corrected chi connectivity index (χ4v) is 2.88. The van der Waals surface area contributed by atoms with Gasteiger partial charge in [0.25, 0.3) is 0 Å². The minimum atomic E-state index is 0.563. The van der Waals surface area contributed by atoms with Gasteiger partial charge in [0.15, 0.2) is 0 Å². The number of terminal acetylenes is 1. The van der Waals surface area contributed by atoms with Gasteiger partial charge in [-0.2, -0.15) is 0 Å². The van der Waals surface area contributed by atoms with E-state index in [9.17, 15) is 0 Å². The largest absolute Gasteiger partial charge is 0.310 e. The highest BCUT2D eigenvalue weighted by atomic mass is 14.9. The summed E-state index contributed by atoms with van der Waals surface area (Å²) in [7, 11) is 0. The van der Waals surface area contributed by atoms with Crippen LogP contribution in [-0.2, 0) is 0 Å². The molecule has 1 aromatic rings. The molecule has 0 saturated carbocycles. The minimum Gasteiger partial charge on any atom is -0.310 e. The Hall–Kier alpha value is -1.59. The van der Waals surface area contributed by atoms with Gasteiger partial charge in [-0.1, -0.05) is 12.0 Å². The molecule has 1 saturated heterocycles. The molecule has 86 valence electrons. The van der Waals surface area contributed by atoms with Crippen molar-refractivity contribution in [1.82, 2.24) is 10.3 Å². The molecule has 1 aromatic heterocycles. The van der Waals surface area contributed by atoms with Crippen LogP contribution < -0.4 is 5.32 Å². The predicted octanol–water partition coefficient (Wildman–Crippen LogP) is 2.22. The monoisotopic (exact) mass is 224 g/mol. The second-order valence-corrected chi connectivity index (χ2v) is 4.87. The van der Waals surface area contributed by atoms with Gasteiger partial charge < -0.3 is 5.32 Å². The Bertz CT molecular complexity index is 496. The molecule has 2 atom stereocenters. The molecule has 2 heterocycles. The number of aromatic nitrogens is 1. The lowest BCUT2D eigenvalue weighted by atomic mass is 9.84. The molecule has 2 heteroatoms. The predicted molar refractivity (Wildman–Crippen MR) is 69.3 cm³/mol. The zero-order chi connectivity index (χ0) is 11.7. The second-order valence-electron chi connectivity index (χ2n) is 4.87. The first-order chi connectivity index (χ1) is 8.36. The zero-order valence-electron chi connectivity index (χ0n) is 9.82. The quantitative estimate of drug-likeness (QED) is 0.740. The van der Waals surface area contributed by atoms with E-state index in [4.69, 9.17) is 6.42 Å². The third-order valence-electron chi connectivity index (χ3n) is 3.84. The summed E-state index contributed by atoms with van der Waals surface area (Å²) >= 11 is 0. The number of nitrogens with zero attached hydrogens (tertiary/aromatic N) is 1. The molecule has 1 aliphatic carbocycles. The van der Waals surface area contributed by atoms with E-state index in [1.807, 2.05) is 6.20 Å². The first-order valence-electron chi connectivity index (χ1n) is 6.23. The van der Waals surface area contributed by atoms with Crippen LogP contribution in [0.4, 0.5) is 0 Å². The summed E-state index contributed by atoms with van der Waals surface area (Å²) < 4.78 is 0. The Morgan fingerprint density at radius 2 is 2.29 bits per heavy atom. The van der Waals surface area contributed by atoms with E-state index < -0.39 is 0 Å². The van der Waals surface area contributed by atoms with Gasteiger partial charge in [0.1, 0.15) is 0 Å². The molecule has 0 spiro atoms. The molecular weight excluding hydrogens is 208 g/mol. The normalized spacial score (nSPS) is 27.1. The second kappa shape index (κ2) is 4.35. The maximum Gasteiger partial charge on any atom is 0.0432 e. The van der Waals surface area contributed by atoms with Crippen LogP contribution in [0.25, 0.3) is 5.57 Å². The lowest BCUT2D eigenvalue weighted by molar-refractivity contribution is 0.465. The number of nitrogens with one attached hydrogen (secondary N) is 1. The van der Waals surface area contributed by atoms with E-state index in [1.165, 1.54) is 24.0 Å². The summed E-state index contributed by atoms with van der Waals surface area (Å²) in [5.74, 6) is 3.48. The molecule has 1 N–H and O–H groups in total. The van der Waals surface area contributed by atoms with Gasteiger partial charge in [-0.15, -0.1) is 6.42 Å². The highest BCUT2D eigenvalue weighted by Gasteiger charge is 2.28. The Morgan fingerprint density at radius 1 is 1.35 bits per heavy atom. The van der Waals surface area contributed by atoms with Crippen LogP contribution in [-0.4, -0.2) is 17.6 Å². The SMILES string of the molecule is C#Cc1cncc(C2=C[C@@H]3NCC[C@@H]3CC2)c1. The zero-order valence-corrected chi connectivity index (χ0v) is 9.82. The average molecular weight is 224 g/mol. The number of pyridine rings is 1. The Balaban J connectivity index is 1.91. The standard InChI is InChI=1S/C15H16N2/c1-2-11-7-14(10-16-9-11)13-4-3-12-5-6-17-15(12)8-13/h1,7-10,12,15,17H,3-6H2/t12-,15-/m0/s1. The van der Waals surface area contributed by atoms with Crippen LogP contribution >= 0.6 is 0 Å². The molecule has 1 fully saturated rings. The molecule has 0 radical (unpaired) electrons. The van der Waals surface area contributed by atoms with Crippen molar-refractivity contribution in [3.8, 4) is 12.3 Å². The summed E-state index contributed by atoms with van der Waals surface area (Å²) in [5, 5.41) is 3.55. The highest BCUT2D eigenvalue weighted by molar-refractivity contribution is 5.67. The van der Waals surface area contributed by atoms with Crippen LogP contribution in [0.2, 0.25) is 0 Å². The number of hydrogen-bond donors (Lipinski definition) is 1. The summed E-state index contributed by atoms with van der Waals surface area (Å²) in [6.07, 6.45) is 15.2. The van der Waals surface area contributed by atoms with Crippen LogP contribution in [0, 0.1) is 18.3 Å². The molecule has 1 aliphatic heterocycles. The van der Waals surface area contributed by atoms with Gasteiger partial charge in [-0.05, 0) is 48.9 Å². The average Bonchev–Trinajstić information content (AvgIpc) is 2.86. The molecule has 0 amide bonds. The number of fused-ring (bicyclic) bond motifs is 1. The highest BCUT2D eigenvalue weighted by Crippen LogP contribution is 2.34. The third-order valence-corrected chi connectivity index (χ3v) is 3.84. The Labute approximate surface area is 102 Å². The van der Waals surface area contributed by atoms with Crippen molar-refractivity contribution < 1.29 is 0 Å². The van der Waals surface area contributed by atoms with Crippen molar-refractivity contribution in [3.05, 3.63) is 35.7 Å². The first-order valence-corrected chi connectivity index (χ1v) is 6.23. The fourth-order valence-electron chi connectivity index (χ4n) is 2.88. The topological polar surface area (TPSA) is 24.9 Å². The van der Waals surface area contributed by atoms with Crippen molar-refractivity contribution in [2.75, 3.05) is 6.54 Å². The van der Waals surface area contributed by atoms with Crippen LogP contribution in [0.5, 0.6) is 0 Å². The maximum absolute atomic E-state index is 5.41. The molecule has 2 aliphatic rings. The molecule has 2 nitrogen and oxygen atoms in total. The number of hydrogen-bond acceptors (Lipinski definition) is 2. The van der Waals surface area contributed by atoms with Crippen LogP contribution in [0.15, 0.2) is 24.5 Å². The molecule has 17 heavy (non-hydrogen) atoms. The molecule has 0 bridgehead atoms. The Kier molecular flexibility index (Phi) is 2.70. The summed E-state index contributed by atoms with van der Waals surface area (Å²) in [5.41, 5.74) is 3.45. The van der Waals surface area contributed by atoms with E-state index in [0.717, 1.165) is 24.4 Å². The van der Waals surface area contributed by atoms with Gasteiger partial charge in [0, 0.05) is 24.0 Å². The van der Waals surface area contributed by atoms with E-state index >= 15 is 0 Å². The van der Waals surface area contributed by atoms with E-state index in [0.29, 0.717) is 6.04 Å². The van der Waals surface area contributed by atoms with Gasteiger partial charge in [-0.25, -0.2) is 0 Å². The van der Waals surface area contributed by atoms with Crippen LogP contribution in [0.1, 0.15) is 30.4 Å². The smallest absolute Gasteiger partial charge is 0.0432 e. The molecule has 0 unspecified atom stereocenters. The van der Waals surface area contributed by atoms with Crippen molar-refractivity contribution in [2.45, 2.75) is 25.3 Å². The van der Waals surface area contributed by atoms with Crippen LogP contribution in [0.3, 0.4) is 0 Å². The molecular formula is C15H16N2. The van der Waals surface area contributed by atoms with E-state index in [2.05, 4.69) is 28.4 Å². The fraction of sp³-hybridized carbons (Fsp3) is 0.400. The van der Waals surface area contributed by atoms with Gasteiger partial charge >= 0.3 is 0 Å². The summed E-state index contributed by atoms with van der Waals surface area (Å²) in [6.45, 7) is 1.15. The number of allylic oxidation sites excluding steroid dienone is 1. The summed E-state index contributed by atoms with van der Waals surface area (Å²) in [4.78, 5) is 4.21. The summed E-state index contributed by atoms with van der Waals surface area (Å²) in [6, 6.07) is 2.63. The van der Waals surface area contributed by atoms with E-state index in [1.54, 1.807) is 6.20 Å². The third kappa shape index (κ3) is 1.99. The van der Waals surface area contributed by atoms with Crippen molar-refractivity contribution in [2.24, 2.45) is 5.92 Å². The van der Waals surface area contributed by atoms with Crippen molar-refractivity contribution >= 4 is 5.57 Å². The van der Waals surface area contributed by atoms with Gasteiger partial charge in [0.2, 0.25) is 0 Å². The lowest BCUT2D eigenvalue weighted by Crippen LogP contribution is -2.27. The van der Waals surface area contributed by atoms with Crippen molar-refractivity contribution in [3.63, 3.8) is 0 Å². The first kappa shape index (κ1) is 10.6. The van der Waals surface area contributed by atoms with Crippen molar-refractivity contribution in [1.29, 1.82) is 0 Å². The van der Waals surface area contributed by atoms with Gasteiger partial charge in [0.05, 0.1) is 0 Å². The number of rotatable bonds is 1. The minimum absolute atomic E-state index is 0.563. The lowest BCUT2D eigenvalue weighted by Gasteiger charge is -2.24. The maximum atomic E-state index is 5.41. The van der Waals surface area contributed by atoms with E-state index in [-0.39, 0.29) is 0 Å². The van der Waals surface area contributed by atoms with Gasteiger partial charge in [-0.3, -0.25) is 4.98 Å². The molecule has 3 rings (SSSR count). The Morgan fingerprint density at radius 3 is 3.18 bits per heavy atom.